The summed E-state index contributed by atoms with van der Waals surface area (Å²) in [6.45, 7) is 5.95. The predicted molar refractivity (Wildman–Crippen MR) is 87.9 cm³/mol. The molecule has 1 atom stereocenters. The van der Waals surface area contributed by atoms with Crippen molar-refractivity contribution < 1.29 is 9.59 Å². The normalized spacial score (nSPS) is 18.1. The Morgan fingerprint density at radius 1 is 1.32 bits per heavy atom. The van der Waals surface area contributed by atoms with E-state index in [0.29, 0.717) is 19.5 Å². The molecule has 0 aromatic heterocycles. The third-order valence-electron chi connectivity index (χ3n) is 4.09. The molecule has 0 radical (unpaired) electrons. The lowest BCUT2D eigenvalue weighted by atomic mass is 10.1. The molecule has 1 saturated heterocycles. The number of amides is 2. The first-order valence-corrected chi connectivity index (χ1v) is 7.72. The first kappa shape index (κ1) is 16.5. The zero-order valence-corrected chi connectivity index (χ0v) is 13.8. The lowest BCUT2D eigenvalue weighted by Crippen LogP contribution is -2.39. The highest BCUT2D eigenvalue weighted by Crippen LogP contribution is 2.30. The first-order valence-electron chi connectivity index (χ1n) is 7.72. The number of para-hydroxylation sites is 1. The van der Waals surface area contributed by atoms with E-state index in [-0.39, 0.29) is 11.8 Å². The van der Waals surface area contributed by atoms with Gasteiger partial charge in [0.05, 0.1) is 0 Å². The van der Waals surface area contributed by atoms with Crippen LogP contribution >= 0.6 is 0 Å². The van der Waals surface area contributed by atoms with Crippen molar-refractivity contribution in [2.24, 2.45) is 5.92 Å². The number of aryl methyl sites for hydroxylation is 2. The molecule has 1 aliphatic rings. The second-order valence-electron chi connectivity index (χ2n) is 6.17. The topological polar surface area (TPSA) is 52.7 Å². The highest BCUT2D eigenvalue weighted by molar-refractivity contribution is 6.10. The molecule has 1 N–H and O–H groups in total. The van der Waals surface area contributed by atoms with Gasteiger partial charge in [0.2, 0.25) is 11.8 Å². The molecule has 1 fully saturated rings. The van der Waals surface area contributed by atoms with E-state index in [1.54, 1.807) is 4.90 Å². The summed E-state index contributed by atoms with van der Waals surface area (Å²) in [5, 5.41) is 2.86. The summed E-state index contributed by atoms with van der Waals surface area (Å²) < 4.78 is 0. The van der Waals surface area contributed by atoms with Crippen LogP contribution in [0.5, 0.6) is 0 Å². The third-order valence-corrected chi connectivity index (χ3v) is 4.09. The van der Waals surface area contributed by atoms with Gasteiger partial charge in [-0.05, 0) is 45.5 Å². The molecule has 1 aromatic carbocycles. The van der Waals surface area contributed by atoms with E-state index in [0.717, 1.165) is 23.4 Å². The summed E-state index contributed by atoms with van der Waals surface area (Å²) in [4.78, 5) is 28.6. The zero-order valence-electron chi connectivity index (χ0n) is 13.8. The Balaban J connectivity index is 2.05. The van der Waals surface area contributed by atoms with Gasteiger partial charge < -0.3 is 15.1 Å². The molecule has 0 saturated carbocycles. The zero-order chi connectivity index (χ0) is 16.3. The molecular formula is C17H25N3O2. The quantitative estimate of drug-likeness (QED) is 0.835. The number of carbonyl (C=O) groups is 2. The number of likely N-dealkylation sites (N-methyl/N-ethyl adjacent to an activating group) is 1. The average molecular weight is 303 g/mol. The van der Waals surface area contributed by atoms with Crippen LogP contribution in [0.2, 0.25) is 0 Å². The maximum Gasteiger partial charge on any atom is 0.239 e. The second kappa shape index (κ2) is 6.92. The molecule has 2 rings (SSSR count). The fourth-order valence-electron chi connectivity index (χ4n) is 2.90. The second-order valence-corrected chi connectivity index (χ2v) is 6.17. The van der Waals surface area contributed by atoms with Crippen LogP contribution in [0.25, 0.3) is 0 Å². The monoisotopic (exact) mass is 303 g/mol. The molecule has 1 aliphatic heterocycles. The highest BCUT2D eigenvalue weighted by Gasteiger charge is 2.38. The minimum atomic E-state index is -0.554. The van der Waals surface area contributed by atoms with Gasteiger partial charge in [0, 0.05) is 25.3 Å². The lowest BCUT2D eigenvalue weighted by molar-refractivity contribution is -0.132. The van der Waals surface area contributed by atoms with E-state index >= 15 is 0 Å². The van der Waals surface area contributed by atoms with E-state index in [2.05, 4.69) is 5.32 Å². The number of carbonyl (C=O) groups excluding carboxylic acids is 2. The van der Waals surface area contributed by atoms with Crippen molar-refractivity contribution >= 4 is 17.5 Å². The van der Waals surface area contributed by atoms with Gasteiger partial charge in [-0.2, -0.15) is 0 Å². The molecule has 1 unspecified atom stereocenters. The maximum atomic E-state index is 12.6. The van der Waals surface area contributed by atoms with Gasteiger partial charge >= 0.3 is 0 Å². The Kier molecular flexibility index (Phi) is 5.19. The Bertz CT molecular complexity index is 549. The van der Waals surface area contributed by atoms with Crippen molar-refractivity contribution in [2.75, 3.05) is 38.6 Å². The highest BCUT2D eigenvalue weighted by atomic mass is 16.2. The van der Waals surface area contributed by atoms with Crippen LogP contribution in [-0.2, 0) is 9.59 Å². The van der Waals surface area contributed by atoms with Crippen LogP contribution in [0, 0.1) is 19.8 Å². The van der Waals surface area contributed by atoms with Gasteiger partial charge in [-0.15, -0.1) is 0 Å². The van der Waals surface area contributed by atoms with Crippen molar-refractivity contribution in [3.63, 3.8) is 0 Å². The van der Waals surface area contributed by atoms with Crippen molar-refractivity contribution in [1.82, 2.24) is 10.2 Å². The van der Waals surface area contributed by atoms with Crippen LogP contribution in [0.15, 0.2) is 18.2 Å². The number of rotatable bonds is 5. The van der Waals surface area contributed by atoms with Crippen molar-refractivity contribution in [3.05, 3.63) is 29.3 Å². The minimum absolute atomic E-state index is 0.0836. The molecule has 120 valence electrons. The molecular weight excluding hydrogens is 278 g/mol. The van der Waals surface area contributed by atoms with Gasteiger partial charge in [-0.3, -0.25) is 9.59 Å². The number of nitrogens with one attached hydrogen (secondary N) is 1. The molecule has 1 heterocycles. The van der Waals surface area contributed by atoms with Crippen LogP contribution in [0.1, 0.15) is 17.5 Å². The summed E-state index contributed by atoms with van der Waals surface area (Å²) >= 11 is 0. The van der Waals surface area contributed by atoms with Crippen LogP contribution < -0.4 is 10.2 Å². The van der Waals surface area contributed by atoms with Gasteiger partial charge in [-0.25, -0.2) is 0 Å². The molecule has 0 spiro atoms. The number of benzene rings is 1. The van der Waals surface area contributed by atoms with Gasteiger partial charge in [0.1, 0.15) is 5.92 Å². The van der Waals surface area contributed by atoms with Crippen LogP contribution in [0.4, 0.5) is 5.69 Å². The summed E-state index contributed by atoms with van der Waals surface area (Å²) in [5.74, 6) is -0.790. The standard InChI is InChI=1S/C17H25N3O2/c1-12-6-5-7-13(2)15(12)20-10-8-14(17(20)22)16(21)18-9-11-19(3)4/h5-7,14H,8-11H2,1-4H3,(H,18,21). The Morgan fingerprint density at radius 3 is 2.55 bits per heavy atom. The SMILES string of the molecule is Cc1cccc(C)c1N1CCC(C(=O)NCCN(C)C)C1=O. The number of nitrogens with zero attached hydrogens (tertiary/aromatic N) is 2. The van der Waals surface area contributed by atoms with E-state index in [9.17, 15) is 9.59 Å². The number of hydrogen-bond donors (Lipinski definition) is 1. The van der Waals surface area contributed by atoms with E-state index < -0.39 is 5.92 Å². The van der Waals surface area contributed by atoms with Crippen LogP contribution in [0.3, 0.4) is 0 Å². The summed E-state index contributed by atoms with van der Waals surface area (Å²) in [7, 11) is 3.91. The molecule has 0 bridgehead atoms. The number of anilines is 1. The van der Waals surface area contributed by atoms with Gasteiger partial charge in [0.25, 0.3) is 0 Å². The summed E-state index contributed by atoms with van der Waals surface area (Å²) in [6, 6.07) is 5.99. The van der Waals surface area contributed by atoms with Crippen molar-refractivity contribution in [1.29, 1.82) is 0 Å². The smallest absolute Gasteiger partial charge is 0.239 e. The predicted octanol–water partition coefficient (Wildman–Crippen LogP) is 1.33. The molecule has 2 amide bonds. The minimum Gasteiger partial charge on any atom is -0.354 e. The van der Waals surface area contributed by atoms with E-state index in [1.165, 1.54) is 0 Å². The van der Waals surface area contributed by atoms with Crippen LogP contribution in [-0.4, -0.2) is 50.4 Å². The third kappa shape index (κ3) is 3.47. The molecule has 5 nitrogen and oxygen atoms in total. The Morgan fingerprint density at radius 2 is 1.95 bits per heavy atom. The number of hydrogen-bond acceptors (Lipinski definition) is 3. The average Bonchev–Trinajstić information content (AvgIpc) is 2.80. The fourth-order valence-corrected chi connectivity index (χ4v) is 2.90. The largest absolute Gasteiger partial charge is 0.354 e. The Labute approximate surface area is 132 Å². The van der Waals surface area contributed by atoms with Gasteiger partial charge in [0.15, 0.2) is 0 Å². The van der Waals surface area contributed by atoms with Crippen molar-refractivity contribution in [3.8, 4) is 0 Å². The maximum absolute atomic E-state index is 12.6. The molecule has 22 heavy (non-hydrogen) atoms. The fraction of sp³-hybridized carbons (Fsp3) is 0.529. The molecule has 5 heteroatoms. The molecule has 0 aliphatic carbocycles. The summed E-state index contributed by atoms with van der Waals surface area (Å²) in [5.41, 5.74) is 3.10. The lowest BCUT2D eigenvalue weighted by Gasteiger charge is -2.21. The summed E-state index contributed by atoms with van der Waals surface area (Å²) in [6.07, 6.45) is 0.584. The first-order chi connectivity index (χ1) is 10.4. The molecule has 1 aromatic rings. The Hall–Kier alpha value is -1.88. The van der Waals surface area contributed by atoms with E-state index in [1.807, 2.05) is 51.0 Å². The van der Waals surface area contributed by atoms with Crippen molar-refractivity contribution in [2.45, 2.75) is 20.3 Å². The van der Waals surface area contributed by atoms with Gasteiger partial charge in [-0.1, -0.05) is 18.2 Å². The van der Waals surface area contributed by atoms with E-state index in [4.69, 9.17) is 0 Å².